The van der Waals surface area contributed by atoms with Gasteiger partial charge in [0.15, 0.2) is 6.61 Å². The summed E-state index contributed by atoms with van der Waals surface area (Å²) in [6.45, 7) is 8.29. The molecular weight excluding hydrogens is 438 g/mol. The maximum atomic E-state index is 12.6. The molecule has 0 unspecified atom stereocenters. The van der Waals surface area contributed by atoms with Gasteiger partial charge in [-0.15, -0.1) is 11.3 Å². The van der Waals surface area contributed by atoms with Crippen molar-refractivity contribution in [3.8, 4) is 11.1 Å². The zero-order valence-corrected chi connectivity index (χ0v) is 20.6. The molecule has 6 nitrogen and oxygen atoms in total. The fraction of sp³-hybridized carbons (Fsp3) is 0.500. The Morgan fingerprint density at radius 2 is 1.70 bits per heavy atom. The summed E-state index contributed by atoms with van der Waals surface area (Å²) in [4.78, 5) is 37.6. The van der Waals surface area contributed by atoms with Crippen LogP contribution in [0.1, 0.15) is 63.7 Å². The molecule has 0 bridgehead atoms. The Morgan fingerprint density at radius 3 is 2.30 bits per heavy atom. The van der Waals surface area contributed by atoms with Crippen LogP contribution in [0.4, 0.5) is 5.00 Å². The predicted molar refractivity (Wildman–Crippen MR) is 130 cm³/mol. The summed E-state index contributed by atoms with van der Waals surface area (Å²) < 4.78 is 10.5. The van der Waals surface area contributed by atoms with Crippen LogP contribution < -0.4 is 5.32 Å². The third kappa shape index (κ3) is 6.44. The SMILES string of the molecule is CCOC(=O)c1c(-c2ccccc2)csc1NC(=O)COC(=O)C1CCC(C(C)(C)C)CC1. The van der Waals surface area contributed by atoms with Gasteiger partial charge in [-0.25, -0.2) is 4.79 Å². The minimum absolute atomic E-state index is 0.155. The minimum atomic E-state index is -0.500. The summed E-state index contributed by atoms with van der Waals surface area (Å²) in [6.07, 6.45) is 3.58. The third-order valence-corrected chi connectivity index (χ3v) is 7.13. The number of thiophene rings is 1. The van der Waals surface area contributed by atoms with Crippen molar-refractivity contribution < 1.29 is 23.9 Å². The first-order valence-electron chi connectivity index (χ1n) is 11.5. The Kier molecular flexibility index (Phi) is 8.30. The Balaban J connectivity index is 1.61. The molecule has 0 saturated heterocycles. The number of carbonyl (C=O) groups is 3. The van der Waals surface area contributed by atoms with Crippen molar-refractivity contribution >= 4 is 34.2 Å². The lowest BCUT2D eigenvalue weighted by Gasteiger charge is -2.36. The molecule has 178 valence electrons. The first-order valence-corrected chi connectivity index (χ1v) is 12.4. The fourth-order valence-electron chi connectivity index (χ4n) is 4.30. The minimum Gasteiger partial charge on any atom is -0.462 e. The Morgan fingerprint density at radius 1 is 1.03 bits per heavy atom. The number of ether oxygens (including phenoxy) is 2. The second-order valence-electron chi connectivity index (χ2n) is 9.51. The predicted octanol–water partition coefficient (Wildman–Crippen LogP) is 5.93. The molecule has 1 heterocycles. The zero-order valence-electron chi connectivity index (χ0n) is 19.8. The van der Waals surface area contributed by atoms with Gasteiger partial charge in [-0.1, -0.05) is 51.1 Å². The van der Waals surface area contributed by atoms with Crippen molar-refractivity contribution in [3.05, 3.63) is 41.3 Å². The lowest BCUT2D eigenvalue weighted by atomic mass is 9.70. The molecule has 1 aromatic heterocycles. The van der Waals surface area contributed by atoms with E-state index in [0.717, 1.165) is 31.2 Å². The van der Waals surface area contributed by atoms with Gasteiger partial charge in [-0.2, -0.15) is 0 Å². The lowest BCUT2D eigenvalue weighted by Crippen LogP contribution is -2.31. The van der Waals surface area contributed by atoms with Crippen LogP contribution in [0, 0.1) is 17.3 Å². The smallest absolute Gasteiger partial charge is 0.341 e. The maximum Gasteiger partial charge on any atom is 0.341 e. The molecule has 2 aromatic rings. The van der Waals surface area contributed by atoms with E-state index >= 15 is 0 Å². The van der Waals surface area contributed by atoms with Crippen LogP contribution in [-0.2, 0) is 19.1 Å². The molecule has 1 aliphatic carbocycles. The third-order valence-electron chi connectivity index (χ3n) is 6.24. The molecule has 0 aliphatic heterocycles. The van der Waals surface area contributed by atoms with E-state index in [1.54, 1.807) is 6.92 Å². The number of rotatable bonds is 7. The molecule has 1 aromatic carbocycles. The van der Waals surface area contributed by atoms with Gasteiger partial charge >= 0.3 is 11.9 Å². The topological polar surface area (TPSA) is 81.7 Å². The average Bonchev–Trinajstić information content (AvgIpc) is 3.21. The van der Waals surface area contributed by atoms with Gasteiger partial charge in [0.1, 0.15) is 10.6 Å². The summed E-state index contributed by atoms with van der Waals surface area (Å²) in [7, 11) is 0. The van der Waals surface area contributed by atoms with Crippen LogP contribution in [0.3, 0.4) is 0 Å². The van der Waals surface area contributed by atoms with Crippen LogP contribution in [0.2, 0.25) is 0 Å². The number of esters is 2. The van der Waals surface area contributed by atoms with E-state index in [2.05, 4.69) is 26.1 Å². The van der Waals surface area contributed by atoms with Crippen molar-refractivity contribution in [3.63, 3.8) is 0 Å². The van der Waals surface area contributed by atoms with E-state index in [0.29, 0.717) is 22.0 Å². The van der Waals surface area contributed by atoms with E-state index in [1.165, 1.54) is 11.3 Å². The molecule has 0 atom stereocenters. The monoisotopic (exact) mass is 471 g/mol. The molecule has 7 heteroatoms. The first-order chi connectivity index (χ1) is 15.7. The van der Waals surface area contributed by atoms with Gasteiger partial charge in [0.2, 0.25) is 0 Å². The van der Waals surface area contributed by atoms with Crippen LogP contribution in [0.15, 0.2) is 35.7 Å². The molecule has 33 heavy (non-hydrogen) atoms. The average molecular weight is 472 g/mol. The quantitative estimate of drug-likeness (QED) is 0.507. The van der Waals surface area contributed by atoms with Gasteiger partial charge in [0.05, 0.1) is 12.5 Å². The highest BCUT2D eigenvalue weighted by atomic mass is 32.1. The Hall–Kier alpha value is -2.67. The zero-order chi connectivity index (χ0) is 24.0. The van der Waals surface area contributed by atoms with Crippen molar-refractivity contribution in [1.82, 2.24) is 0 Å². The first kappa shape index (κ1) is 25.0. The molecule has 1 saturated carbocycles. The maximum absolute atomic E-state index is 12.6. The van der Waals surface area contributed by atoms with Gasteiger partial charge in [0, 0.05) is 10.9 Å². The normalized spacial score (nSPS) is 18.4. The molecule has 1 N–H and O–H groups in total. The summed E-state index contributed by atoms with van der Waals surface area (Å²) >= 11 is 1.25. The molecule has 0 radical (unpaired) electrons. The number of carbonyl (C=O) groups excluding carboxylic acids is 3. The number of hydrogen-bond acceptors (Lipinski definition) is 6. The van der Waals surface area contributed by atoms with Gasteiger partial charge in [-0.05, 0) is 49.5 Å². The molecular formula is C26H33NO5S. The highest BCUT2D eigenvalue weighted by Crippen LogP contribution is 2.40. The fourth-order valence-corrected chi connectivity index (χ4v) is 5.27. The highest BCUT2D eigenvalue weighted by Gasteiger charge is 2.33. The second-order valence-corrected chi connectivity index (χ2v) is 10.4. The number of amides is 1. The standard InChI is InChI=1S/C26H33NO5S/c1-5-31-25(30)22-20(17-9-7-6-8-10-17)16-33-23(22)27-21(28)15-32-24(29)18-11-13-19(14-12-18)26(2,3)4/h6-10,16,18-19H,5,11-15H2,1-4H3,(H,27,28). The molecule has 1 amide bonds. The Bertz CT molecular complexity index is 968. The van der Waals surface area contributed by atoms with E-state index in [4.69, 9.17) is 9.47 Å². The molecule has 1 fully saturated rings. The number of hydrogen-bond donors (Lipinski definition) is 1. The summed E-state index contributed by atoms with van der Waals surface area (Å²) in [5, 5.41) is 4.93. The van der Waals surface area contributed by atoms with E-state index in [9.17, 15) is 14.4 Å². The molecule has 3 rings (SSSR count). The van der Waals surface area contributed by atoms with E-state index in [1.807, 2.05) is 35.7 Å². The summed E-state index contributed by atoms with van der Waals surface area (Å²) in [6, 6.07) is 9.45. The van der Waals surface area contributed by atoms with Gasteiger partial charge < -0.3 is 14.8 Å². The molecule has 1 aliphatic rings. The number of anilines is 1. The molecule has 0 spiro atoms. The summed E-state index contributed by atoms with van der Waals surface area (Å²) in [5.41, 5.74) is 2.11. The van der Waals surface area contributed by atoms with E-state index < -0.39 is 11.9 Å². The largest absolute Gasteiger partial charge is 0.462 e. The van der Waals surface area contributed by atoms with Crippen LogP contribution in [0.25, 0.3) is 11.1 Å². The van der Waals surface area contributed by atoms with Crippen LogP contribution >= 0.6 is 11.3 Å². The van der Waals surface area contributed by atoms with Crippen molar-refractivity contribution in [2.45, 2.75) is 53.4 Å². The second kappa shape index (κ2) is 11.0. The van der Waals surface area contributed by atoms with Crippen molar-refractivity contribution in [1.29, 1.82) is 0 Å². The summed E-state index contributed by atoms with van der Waals surface area (Å²) in [5.74, 6) is -0.847. The Labute approximate surface area is 199 Å². The van der Waals surface area contributed by atoms with Crippen LogP contribution in [0.5, 0.6) is 0 Å². The number of nitrogens with one attached hydrogen (secondary N) is 1. The highest BCUT2D eigenvalue weighted by molar-refractivity contribution is 7.15. The van der Waals surface area contributed by atoms with Crippen molar-refractivity contribution in [2.24, 2.45) is 17.3 Å². The van der Waals surface area contributed by atoms with Crippen LogP contribution in [-0.4, -0.2) is 31.1 Å². The van der Waals surface area contributed by atoms with E-state index in [-0.39, 0.29) is 30.5 Å². The van der Waals surface area contributed by atoms with Crippen molar-refractivity contribution in [2.75, 3.05) is 18.5 Å². The van der Waals surface area contributed by atoms with Gasteiger partial charge in [-0.3, -0.25) is 9.59 Å². The van der Waals surface area contributed by atoms with Gasteiger partial charge in [0.25, 0.3) is 5.91 Å². The lowest BCUT2D eigenvalue weighted by molar-refractivity contribution is -0.153. The number of benzene rings is 1.